The molecule has 0 atom stereocenters. The van der Waals surface area contributed by atoms with E-state index in [1.54, 1.807) is 0 Å². The fourth-order valence-electron chi connectivity index (χ4n) is 9.03. The van der Waals surface area contributed by atoms with Gasteiger partial charge in [-0.15, -0.1) is 0 Å². The highest BCUT2D eigenvalue weighted by molar-refractivity contribution is 5.96. The lowest BCUT2D eigenvalue weighted by Gasteiger charge is -2.27. The minimum Gasteiger partial charge on any atom is -0.295 e. The number of fused-ring (bicyclic) bond motifs is 17. The van der Waals surface area contributed by atoms with Crippen LogP contribution in [-0.2, 0) is 5.41 Å². The first-order valence-electron chi connectivity index (χ1n) is 17.1. The predicted octanol–water partition coefficient (Wildman–Crippen LogP) is 10.1. The van der Waals surface area contributed by atoms with Crippen molar-refractivity contribution in [2.75, 3.05) is 0 Å². The third-order valence-corrected chi connectivity index (χ3v) is 11.0. The third kappa shape index (κ3) is 3.09. The fourth-order valence-corrected chi connectivity index (χ4v) is 9.03. The van der Waals surface area contributed by atoms with Crippen molar-refractivity contribution < 1.29 is 0 Å². The van der Waals surface area contributed by atoms with Gasteiger partial charge in [-0.2, -0.15) is 0 Å². The zero-order valence-electron chi connectivity index (χ0n) is 26.8. The van der Waals surface area contributed by atoms with Crippen LogP contribution in [0.3, 0.4) is 0 Å². The van der Waals surface area contributed by atoms with Crippen LogP contribution in [-0.4, -0.2) is 23.5 Å². The Morgan fingerprint density at radius 3 is 1.82 bits per heavy atom. The molecule has 5 heteroatoms. The van der Waals surface area contributed by atoms with E-state index in [9.17, 15) is 0 Å². The Morgan fingerprint density at radius 2 is 1.04 bits per heavy atom. The molecule has 232 valence electrons. The Balaban J connectivity index is 1.16. The molecule has 3 aromatic heterocycles. The number of imidazole rings is 3. The van der Waals surface area contributed by atoms with Crippen LogP contribution in [0.4, 0.5) is 0 Å². The standard InChI is InChI=1S/C45H27N5/c1-2-12-30(13-3-1)48-41-25-23-29(27-42(41)50-40-21-11-9-19-37(40)47-44(48)50)28-22-24-38-35(26-28)45(43-46-36-18-8-10-20-39(36)49(38)43)33-16-6-4-14-31(33)32-15-5-7-17-34(32)45/h1-27H. The normalized spacial score (nSPS) is 13.8. The van der Waals surface area contributed by atoms with Gasteiger partial charge in [-0.1, -0.05) is 103 Å². The lowest BCUT2D eigenvalue weighted by Crippen LogP contribution is -2.27. The summed E-state index contributed by atoms with van der Waals surface area (Å²) in [5.74, 6) is 1.97. The highest BCUT2D eigenvalue weighted by Gasteiger charge is 2.54. The molecule has 1 aliphatic heterocycles. The van der Waals surface area contributed by atoms with E-state index >= 15 is 0 Å². The Kier molecular flexibility index (Phi) is 4.86. The zero-order valence-corrected chi connectivity index (χ0v) is 26.8. The van der Waals surface area contributed by atoms with Crippen LogP contribution in [0, 0.1) is 0 Å². The molecule has 1 aliphatic carbocycles. The molecule has 0 fully saturated rings. The summed E-state index contributed by atoms with van der Waals surface area (Å²) in [4.78, 5) is 10.6. The topological polar surface area (TPSA) is 40.0 Å². The van der Waals surface area contributed by atoms with Crippen LogP contribution in [0.15, 0.2) is 164 Å². The molecule has 0 saturated heterocycles. The van der Waals surface area contributed by atoms with E-state index < -0.39 is 5.41 Å². The van der Waals surface area contributed by atoms with Gasteiger partial charge in [-0.3, -0.25) is 13.5 Å². The van der Waals surface area contributed by atoms with Gasteiger partial charge in [-0.05, 0) is 99.6 Å². The molecular weight excluding hydrogens is 611 g/mol. The van der Waals surface area contributed by atoms with Gasteiger partial charge >= 0.3 is 0 Å². The van der Waals surface area contributed by atoms with Crippen molar-refractivity contribution in [1.82, 2.24) is 23.5 Å². The fraction of sp³-hybridized carbons (Fsp3) is 0.0222. The second-order valence-electron chi connectivity index (χ2n) is 13.4. The number of hydrogen-bond acceptors (Lipinski definition) is 2. The quantitative estimate of drug-likeness (QED) is 0.189. The van der Waals surface area contributed by atoms with Gasteiger partial charge in [0, 0.05) is 5.69 Å². The lowest BCUT2D eigenvalue weighted by molar-refractivity contribution is 0.738. The van der Waals surface area contributed by atoms with Gasteiger partial charge in [0.25, 0.3) is 0 Å². The van der Waals surface area contributed by atoms with Crippen molar-refractivity contribution >= 4 is 38.9 Å². The summed E-state index contributed by atoms with van der Waals surface area (Å²) in [6, 6.07) is 59.1. The van der Waals surface area contributed by atoms with Crippen molar-refractivity contribution in [2.24, 2.45) is 0 Å². The maximum absolute atomic E-state index is 5.42. The maximum Gasteiger partial charge on any atom is 0.220 e. The lowest BCUT2D eigenvalue weighted by atomic mass is 9.72. The molecule has 10 aromatic rings. The first kappa shape index (κ1) is 26.3. The van der Waals surface area contributed by atoms with Crippen molar-refractivity contribution in [2.45, 2.75) is 5.41 Å². The molecule has 4 heterocycles. The van der Waals surface area contributed by atoms with E-state index in [4.69, 9.17) is 9.97 Å². The first-order valence-corrected chi connectivity index (χ1v) is 17.1. The van der Waals surface area contributed by atoms with Crippen molar-refractivity contribution in [3.05, 3.63) is 186 Å². The number of rotatable bonds is 2. The molecule has 0 radical (unpaired) electrons. The smallest absolute Gasteiger partial charge is 0.220 e. The molecule has 0 saturated carbocycles. The molecule has 0 amide bonds. The number of nitrogens with zero attached hydrogens (tertiary/aromatic N) is 5. The maximum atomic E-state index is 5.42. The molecule has 0 bridgehead atoms. The SMILES string of the molecule is c1ccc(-n2c3ccc(-c4ccc5c(c4)C4(c6ccccc6-c6ccccc64)c4nc6ccccc6n4-5)cc3n3c4ccccc4nc23)cc1. The largest absolute Gasteiger partial charge is 0.295 e. The Morgan fingerprint density at radius 1 is 0.420 bits per heavy atom. The molecule has 1 spiro atoms. The monoisotopic (exact) mass is 637 g/mol. The molecular formula is C45H27N5. The zero-order chi connectivity index (χ0) is 32.6. The summed E-state index contributed by atoms with van der Waals surface area (Å²) >= 11 is 0. The molecule has 50 heavy (non-hydrogen) atoms. The molecule has 7 aromatic carbocycles. The summed E-state index contributed by atoms with van der Waals surface area (Å²) in [6.07, 6.45) is 0. The number of hydrogen-bond donors (Lipinski definition) is 0. The van der Waals surface area contributed by atoms with Crippen molar-refractivity contribution in [3.63, 3.8) is 0 Å². The second kappa shape index (κ2) is 9.24. The van der Waals surface area contributed by atoms with Crippen molar-refractivity contribution in [1.29, 1.82) is 0 Å². The molecule has 12 rings (SSSR count). The minimum absolute atomic E-state index is 0.536. The highest BCUT2D eigenvalue weighted by Crippen LogP contribution is 2.60. The van der Waals surface area contributed by atoms with Crippen LogP contribution >= 0.6 is 0 Å². The number of benzene rings is 7. The van der Waals surface area contributed by atoms with E-state index in [0.29, 0.717) is 0 Å². The van der Waals surface area contributed by atoms with Crippen LogP contribution in [0.1, 0.15) is 22.5 Å². The van der Waals surface area contributed by atoms with Gasteiger partial charge in [0.15, 0.2) is 0 Å². The number of para-hydroxylation sites is 5. The first-order chi connectivity index (χ1) is 24.8. The summed E-state index contributed by atoms with van der Waals surface area (Å²) < 4.78 is 6.98. The van der Waals surface area contributed by atoms with Gasteiger partial charge in [0.1, 0.15) is 11.2 Å². The van der Waals surface area contributed by atoms with Gasteiger partial charge in [0.2, 0.25) is 5.78 Å². The van der Waals surface area contributed by atoms with E-state index in [0.717, 1.165) is 56.0 Å². The summed E-state index contributed by atoms with van der Waals surface area (Å²) in [5.41, 5.74) is 16.9. The molecule has 5 nitrogen and oxygen atoms in total. The van der Waals surface area contributed by atoms with E-state index in [-0.39, 0.29) is 0 Å². The van der Waals surface area contributed by atoms with Gasteiger partial charge in [-0.25, -0.2) is 9.97 Å². The third-order valence-electron chi connectivity index (χ3n) is 11.0. The number of aromatic nitrogens is 5. The Labute approximate surface area is 287 Å². The average Bonchev–Trinajstić information content (AvgIpc) is 3.95. The van der Waals surface area contributed by atoms with E-state index in [1.165, 1.54) is 39.1 Å². The van der Waals surface area contributed by atoms with Crippen LogP contribution in [0.2, 0.25) is 0 Å². The highest BCUT2D eigenvalue weighted by atomic mass is 15.2. The molecule has 0 unspecified atom stereocenters. The minimum atomic E-state index is -0.536. The van der Waals surface area contributed by atoms with E-state index in [1.807, 2.05) is 0 Å². The van der Waals surface area contributed by atoms with Gasteiger partial charge in [0.05, 0.1) is 38.8 Å². The van der Waals surface area contributed by atoms with Gasteiger partial charge < -0.3 is 0 Å². The molecule has 2 aliphatic rings. The summed E-state index contributed by atoms with van der Waals surface area (Å²) in [6.45, 7) is 0. The second-order valence-corrected chi connectivity index (χ2v) is 13.4. The van der Waals surface area contributed by atoms with Crippen LogP contribution < -0.4 is 0 Å². The predicted molar refractivity (Wildman–Crippen MR) is 200 cm³/mol. The molecule has 0 N–H and O–H groups in total. The van der Waals surface area contributed by atoms with E-state index in [2.05, 4.69) is 177 Å². The van der Waals surface area contributed by atoms with Crippen LogP contribution in [0.5, 0.6) is 0 Å². The summed E-state index contributed by atoms with van der Waals surface area (Å²) in [5, 5.41) is 0. The van der Waals surface area contributed by atoms with Crippen molar-refractivity contribution in [3.8, 4) is 33.6 Å². The summed E-state index contributed by atoms with van der Waals surface area (Å²) in [7, 11) is 0. The Bertz CT molecular complexity index is 3000. The Hall–Kier alpha value is -6.72. The van der Waals surface area contributed by atoms with Crippen LogP contribution in [0.25, 0.3) is 72.5 Å². The average molecular weight is 638 g/mol.